The second-order valence-corrected chi connectivity index (χ2v) is 6.88. The highest BCUT2D eigenvalue weighted by Gasteiger charge is 2.41. The summed E-state index contributed by atoms with van der Waals surface area (Å²) in [7, 11) is -5.10. The monoisotopic (exact) mass is 397 g/mol. The summed E-state index contributed by atoms with van der Waals surface area (Å²) in [6, 6.07) is 11.2. The molecule has 3 rings (SSSR count). The van der Waals surface area contributed by atoms with E-state index >= 15 is 0 Å². The van der Waals surface area contributed by atoms with Gasteiger partial charge in [-0.2, -0.15) is 21.6 Å². The number of hydrogen-bond donors (Lipinski definition) is 0. The maximum atomic E-state index is 13.1. The number of carbonyl (C=O) groups excluding carboxylic acids is 2. The first kappa shape index (κ1) is 18.8. The summed E-state index contributed by atoms with van der Waals surface area (Å²) < 4.78 is 68.2. The van der Waals surface area contributed by atoms with Gasteiger partial charge in [0.1, 0.15) is 4.90 Å². The van der Waals surface area contributed by atoms with Gasteiger partial charge in [0.05, 0.1) is 11.1 Å². The summed E-state index contributed by atoms with van der Waals surface area (Å²) in [5.74, 6) is -2.22. The van der Waals surface area contributed by atoms with Crippen LogP contribution in [-0.4, -0.2) is 25.3 Å². The number of hydrogen-bond acceptors (Lipinski definition) is 5. The Morgan fingerprint density at radius 2 is 1.48 bits per heavy atom. The van der Waals surface area contributed by atoms with Crippen LogP contribution >= 0.6 is 0 Å². The van der Waals surface area contributed by atoms with Gasteiger partial charge in [0.15, 0.2) is 0 Å². The minimum atomic E-state index is -5.10. The number of rotatable bonds is 4. The number of benzene rings is 2. The molecule has 0 bridgehead atoms. The smallest absolute Gasteiger partial charge is 0.267 e. The summed E-state index contributed by atoms with van der Waals surface area (Å²) in [6.45, 7) is 0. The second-order valence-electron chi connectivity index (χ2n) is 5.38. The Kier molecular flexibility index (Phi) is 4.62. The topological polar surface area (TPSA) is 80.8 Å². The maximum Gasteiger partial charge on any atom is 0.417 e. The molecular formula is C17H10F3NO5S. The molecule has 27 heavy (non-hydrogen) atoms. The van der Waals surface area contributed by atoms with Crippen LogP contribution in [0.5, 0.6) is 0 Å². The summed E-state index contributed by atoms with van der Waals surface area (Å²) in [6.07, 6.45) is -4.12. The summed E-state index contributed by atoms with van der Waals surface area (Å²) in [5, 5.41) is -0.0786. The van der Waals surface area contributed by atoms with Crippen molar-refractivity contribution in [3.63, 3.8) is 0 Å². The Labute approximate surface area is 151 Å². The van der Waals surface area contributed by atoms with E-state index in [1.54, 1.807) is 18.2 Å². The predicted molar refractivity (Wildman–Crippen MR) is 86.0 cm³/mol. The molecule has 6 nitrogen and oxygen atoms in total. The van der Waals surface area contributed by atoms with Crippen LogP contribution in [0.1, 0.15) is 11.1 Å². The van der Waals surface area contributed by atoms with Gasteiger partial charge in [-0.15, -0.1) is 9.35 Å². The second kappa shape index (κ2) is 6.63. The van der Waals surface area contributed by atoms with Crippen LogP contribution in [-0.2, 0) is 30.2 Å². The van der Waals surface area contributed by atoms with Crippen LogP contribution in [0.15, 0.2) is 65.6 Å². The molecule has 0 unspecified atom stereocenters. The van der Waals surface area contributed by atoms with Crippen molar-refractivity contribution in [1.82, 2.24) is 5.06 Å². The van der Waals surface area contributed by atoms with E-state index in [0.717, 1.165) is 18.2 Å². The molecule has 0 N–H and O–H groups in total. The highest BCUT2D eigenvalue weighted by molar-refractivity contribution is 7.86. The largest absolute Gasteiger partial charge is 0.417 e. The number of imide groups is 1. The number of halogens is 3. The molecular weight excluding hydrogens is 387 g/mol. The molecule has 0 fully saturated rings. The van der Waals surface area contributed by atoms with Crippen LogP contribution in [0.4, 0.5) is 13.2 Å². The van der Waals surface area contributed by atoms with Crippen LogP contribution in [0.25, 0.3) is 5.57 Å². The SMILES string of the molecule is O=C1C=C(c2ccccc2)C(=O)N1OS(=O)(=O)c1ccccc1C(F)(F)F. The molecule has 1 aliphatic rings. The lowest BCUT2D eigenvalue weighted by atomic mass is 10.1. The van der Waals surface area contributed by atoms with Gasteiger partial charge in [-0.25, -0.2) is 0 Å². The van der Waals surface area contributed by atoms with Gasteiger partial charge in [-0.3, -0.25) is 9.59 Å². The number of carbonyl (C=O) groups is 2. The molecule has 0 spiro atoms. The average Bonchev–Trinajstić information content (AvgIpc) is 2.90. The highest BCUT2D eigenvalue weighted by atomic mass is 32.2. The van der Waals surface area contributed by atoms with Crippen molar-refractivity contribution in [2.45, 2.75) is 11.1 Å². The Morgan fingerprint density at radius 1 is 0.889 bits per heavy atom. The molecule has 0 aromatic heterocycles. The molecule has 0 saturated heterocycles. The fourth-order valence-electron chi connectivity index (χ4n) is 2.41. The minimum absolute atomic E-state index is 0.0786. The van der Waals surface area contributed by atoms with E-state index < -0.39 is 38.6 Å². The van der Waals surface area contributed by atoms with Crippen molar-refractivity contribution >= 4 is 27.5 Å². The van der Waals surface area contributed by atoms with E-state index in [1.165, 1.54) is 12.1 Å². The molecule has 2 aromatic rings. The van der Waals surface area contributed by atoms with E-state index in [1.807, 2.05) is 0 Å². The zero-order chi connectivity index (χ0) is 19.8. The van der Waals surface area contributed by atoms with Gasteiger partial charge < -0.3 is 0 Å². The van der Waals surface area contributed by atoms with Crippen LogP contribution in [0.3, 0.4) is 0 Å². The number of nitrogens with zero attached hydrogens (tertiary/aromatic N) is 1. The third kappa shape index (κ3) is 3.62. The molecule has 0 aliphatic carbocycles. The van der Waals surface area contributed by atoms with Gasteiger partial charge in [-0.05, 0) is 17.7 Å². The molecule has 0 radical (unpaired) electrons. The standard InChI is InChI=1S/C17H10F3NO5S/c18-17(19,20)13-8-4-5-9-14(13)27(24,25)26-21-15(22)10-12(16(21)23)11-6-2-1-3-7-11/h1-10H. The Morgan fingerprint density at radius 3 is 2.11 bits per heavy atom. The van der Waals surface area contributed by atoms with Crippen LogP contribution in [0.2, 0.25) is 0 Å². The van der Waals surface area contributed by atoms with Crippen molar-refractivity contribution in [2.24, 2.45) is 0 Å². The number of hydroxylamine groups is 2. The van der Waals surface area contributed by atoms with E-state index in [4.69, 9.17) is 0 Å². The van der Waals surface area contributed by atoms with E-state index in [-0.39, 0.29) is 10.6 Å². The first-order chi connectivity index (χ1) is 12.6. The lowest BCUT2D eigenvalue weighted by molar-refractivity contribution is -0.161. The van der Waals surface area contributed by atoms with Gasteiger partial charge >= 0.3 is 16.3 Å². The van der Waals surface area contributed by atoms with Gasteiger partial charge in [-0.1, -0.05) is 42.5 Å². The molecule has 1 heterocycles. The first-order valence-corrected chi connectivity index (χ1v) is 8.78. The zero-order valence-corrected chi connectivity index (χ0v) is 14.1. The maximum absolute atomic E-state index is 13.1. The summed E-state index contributed by atoms with van der Waals surface area (Å²) in [5.41, 5.74) is -1.28. The molecule has 0 atom stereocenters. The normalized spacial score (nSPS) is 15.2. The van der Waals surface area contributed by atoms with E-state index in [9.17, 15) is 31.2 Å². The Balaban J connectivity index is 1.93. The van der Waals surface area contributed by atoms with Crippen molar-refractivity contribution < 1.29 is 35.5 Å². The van der Waals surface area contributed by atoms with Crippen molar-refractivity contribution in [1.29, 1.82) is 0 Å². The molecule has 0 saturated carbocycles. The molecule has 140 valence electrons. The molecule has 10 heteroatoms. The fourth-order valence-corrected chi connectivity index (χ4v) is 3.52. The number of amides is 2. The molecule has 2 aromatic carbocycles. The highest BCUT2D eigenvalue weighted by Crippen LogP contribution is 2.35. The van der Waals surface area contributed by atoms with Crippen molar-refractivity contribution in [2.75, 3.05) is 0 Å². The third-order valence-electron chi connectivity index (χ3n) is 3.60. The van der Waals surface area contributed by atoms with Crippen LogP contribution in [0, 0.1) is 0 Å². The van der Waals surface area contributed by atoms with Gasteiger partial charge in [0.2, 0.25) is 0 Å². The van der Waals surface area contributed by atoms with E-state index in [2.05, 4.69) is 4.28 Å². The zero-order valence-electron chi connectivity index (χ0n) is 13.3. The fraction of sp³-hybridized carbons (Fsp3) is 0.0588. The average molecular weight is 397 g/mol. The Hall–Kier alpha value is -2.98. The van der Waals surface area contributed by atoms with Crippen molar-refractivity contribution in [3.8, 4) is 0 Å². The van der Waals surface area contributed by atoms with E-state index in [0.29, 0.717) is 17.7 Å². The Bertz CT molecular complexity index is 1050. The molecule has 2 amide bonds. The van der Waals surface area contributed by atoms with Gasteiger partial charge in [0.25, 0.3) is 11.8 Å². The lowest BCUT2D eigenvalue weighted by Crippen LogP contribution is -2.34. The quantitative estimate of drug-likeness (QED) is 0.742. The van der Waals surface area contributed by atoms with Crippen molar-refractivity contribution in [3.05, 3.63) is 71.8 Å². The van der Waals surface area contributed by atoms with Gasteiger partial charge in [0, 0.05) is 6.08 Å². The third-order valence-corrected chi connectivity index (χ3v) is 4.84. The minimum Gasteiger partial charge on any atom is -0.267 e. The summed E-state index contributed by atoms with van der Waals surface area (Å²) in [4.78, 5) is 23.1. The van der Waals surface area contributed by atoms with Crippen LogP contribution < -0.4 is 0 Å². The lowest BCUT2D eigenvalue weighted by Gasteiger charge is -2.16. The summed E-state index contributed by atoms with van der Waals surface area (Å²) >= 11 is 0. The number of alkyl halides is 3. The predicted octanol–water partition coefficient (Wildman–Crippen LogP) is 2.78. The first-order valence-electron chi connectivity index (χ1n) is 7.37. The molecule has 1 aliphatic heterocycles.